The molecule has 3 heterocycles. The molecule has 1 aliphatic heterocycles. The third-order valence-electron chi connectivity index (χ3n) is 5.01. The molecule has 0 aromatic carbocycles. The summed E-state index contributed by atoms with van der Waals surface area (Å²) < 4.78 is 43.3. The molecule has 29 heavy (non-hydrogen) atoms. The van der Waals surface area contributed by atoms with E-state index in [9.17, 15) is 22.8 Å². The van der Waals surface area contributed by atoms with Crippen LogP contribution in [0.1, 0.15) is 39.3 Å². The van der Waals surface area contributed by atoms with Gasteiger partial charge in [-0.3, -0.25) is 9.59 Å². The van der Waals surface area contributed by atoms with Crippen LogP contribution in [0, 0.1) is 5.41 Å². The van der Waals surface area contributed by atoms with Gasteiger partial charge < -0.3 is 19.6 Å². The van der Waals surface area contributed by atoms with Gasteiger partial charge in [-0.1, -0.05) is 18.9 Å². The molecular formula is C18H22F3N5O3. The third kappa shape index (κ3) is 4.77. The van der Waals surface area contributed by atoms with Gasteiger partial charge in [0.05, 0.1) is 0 Å². The first-order valence-electron chi connectivity index (χ1n) is 9.16. The van der Waals surface area contributed by atoms with E-state index in [1.165, 1.54) is 0 Å². The van der Waals surface area contributed by atoms with Crippen LogP contribution in [-0.4, -0.2) is 45.1 Å². The van der Waals surface area contributed by atoms with Crippen LogP contribution < -0.4 is 10.9 Å². The summed E-state index contributed by atoms with van der Waals surface area (Å²) in [5.74, 6) is -0.366. The highest BCUT2D eigenvalue weighted by Gasteiger charge is 2.33. The van der Waals surface area contributed by atoms with Gasteiger partial charge in [0.2, 0.25) is 5.91 Å². The molecule has 0 unspecified atom stereocenters. The van der Waals surface area contributed by atoms with Gasteiger partial charge in [-0.15, -0.1) is 5.10 Å². The van der Waals surface area contributed by atoms with Gasteiger partial charge in [0.25, 0.3) is 11.4 Å². The normalized spacial score (nSPS) is 17.8. The number of amides is 1. The highest BCUT2D eigenvalue weighted by Crippen LogP contribution is 2.30. The smallest absolute Gasteiger partial charge is 0.403 e. The molecule has 2 aromatic heterocycles. The average Bonchev–Trinajstić information content (AvgIpc) is 3.08. The standard InChI is InChI=1S/C18H22F3N5O3/c1-10(15(28)26-8-6-17(2,3)7-9-26)22-16-25-24-14(29-16)11-4-5-12(18(19,20)21)23-13(11)27/h4-5,10H,6-9H2,1-3H3,(H,22,25)(H,23,27)/t10-/m0/s1. The van der Waals surface area contributed by atoms with Gasteiger partial charge in [0, 0.05) is 13.1 Å². The lowest BCUT2D eigenvalue weighted by Crippen LogP contribution is -2.46. The van der Waals surface area contributed by atoms with E-state index in [1.54, 1.807) is 16.8 Å². The number of nitrogens with one attached hydrogen (secondary N) is 2. The number of rotatable bonds is 4. The summed E-state index contributed by atoms with van der Waals surface area (Å²) in [6, 6.07) is 0.939. The van der Waals surface area contributed by atoms with Crippen molar-refractivity contribution in [3.05, 3.63) is 28.2 Å². The molecular weight excluding hydrogens is 391 g/mol. The zero-order chi connectivity index (χ0) is 21.4. The van der Waals surface area contributed by atoms with Crippen molar-refractivity contribution < 1.29 is 22.4 Å². The first kappa shape index (κ1) is 20.9. The molecule has 158 valence electrons. The molecule has 0 aliphatic carbocycles. The van der Waals surface area contributed by atoms with Crippen molar-refractivity contribution in [1.82, 2.24) is 20.1 Å². The fourth-order valence-corrected chi connectivity index (χ4v) is 3.05. The van der Waals surface area contributed by atoms with E-state index in [2.05, 4.69) is 29.4 Å². The van der Waals surface area contributed by atoms with Crippen molar-refractivity contribution in [2.45, 2.75) is 45.8 Å². The maximum absolute atomic E-state index is 12.7. The lowest BCUT2D eigenvalue weighted by molar-refractivity contribution is -0.141. The van der Waals surface area contributed by atoms with E-state index in [1.807, 2.05) is 0 Å². The first-order chi connectivity index (χ1) is 13.5. The van der Waals surface area contributed by atoms with Gasteiger partial charge >= 0.3 is 12.2 Å². The highest BCUT2D eigenvalue weighted by atomic mass is 19.4. The van der Waals surface area contributed by atoms with Crippen molar-refractivity contribution in [3.8, 4) is 11.5 Å². The van der Waals surface area contributed by atoms with Crippen molar-refractivity contribution in [2.24, 2.45) is 5.41 Å². The summed E-state index contributed by atoms with van der Waals surface area (Å²) in [6.07, 6.45) is -2.85. The molecule has 1 fully saturated rings. The Balaban J connectivity index is 1.67. The van der Waals surface area contributed by atoms with Crippen LogP contribution in [0.3, 0.4) is 0 Å². The lowest BCUT2D eigenvalue weighted by atomic mass is 9.82. The van der Waals surface area contributed by atoms with Crippen molar-refractivity contribution >= 4 is 11.9 Å². The predicted molar refractivity (Wildman–Crippen MR) is 98.0 cm³/mol. The minimum atomic E-state index is -4.67. The Hall–Kier alpha value is -2.85. The molecule has 2 N–H and O–H groups in total. The van der Waals surface area contributed by atoms with Crippen molar-refractivity contribution in [2.75, 3.05) is 18.4 Å². The predicted octanol–water partition coefficient (Wildman–Crippen LogP) is 2.89. The fourth-order valence-electron chi connectivity index (χ4n) is 3.05. The van der Waals surface area contributed by atoms with Gasteiger partial charge in [0.1, 0.15) is 17.3 Å². The maximum Gasteiger partial charge on any atom is 0.431 e. The van der Waals surface area contributed by atoms with Crippen molar-refractivity contribution in [1.29, 1.82) is 0 Å². The molecule has 0 spiro atoms. The quantitative estimate of drug-likeness (QED) is 0.799. The Kier molecular flexibility index (Phi) is 5.42. The second-order valence-electron chi connectivity index (χ2n) is 7.88. The molecule has 0 bridgehead atoms. The number of anilines is 1. The number of aromatic nitrogens is 3. The minimum absolute atomic E-state index is 0.0995. The second kappa shape index (κ2) is 7.53. The van der Waals surface area contributed by atoms with Crippen molar-refractivity contribution in [3.63, 3.8) is 0 Å². The molecule has 1 aliphatic rings. The monoisotopic (exact) mass is 413 g/mol. The maximum atomic E-state index is 12.7. The Bertz CT molecular complexity index is 941. The van der Waals surface area contributed by atoms with E-state index >= 15 is 0 Å². The Morgan fingerprint density at radius 1 is 1.28 bits per heavy atom. The van der Waals surface area contributed by atoms with E-state index in [0.717, 1.165) is 25.0 Å². The number of carbonyl (C=O) groups is 1. The molecule has 3 rings (SSSR count). The number of aromatic amines is 1. The molecule has 0 radical (unpaired) electrons. The van der Waals surface area contributed by atoms with E-state index < -0.39 is 23.5 Å². The summed E-state index contributed by atoms with van der Waals surface area (Å²) in [6.45, 7) is 7.30. The van der Waals surface area contributed by atoms with Crippen LogP contribution in [0.5, 0.6) is 0 Å². The molecule has 1 atom stereocenters. The van der Waals surface area contributed by atoms with Gasteiger partial charge in [0.15, 0.2) is 0 Å². The fraction of sp³-hybridized carbons (Fsp3) is 0.556. The number of hydrogen-bond donors (Lipinski definition) is 2. The zero-order valence-electron chi connectivity index (χ0n) is 16.3. The first-order valence-corrected chi connectivity index (χ1v) is 9.16. The second-order valence-corrected chi connectivity index (χ2v) is 7.88. The van der Waals surface area contributed by atoms with Gasteiger partial charge in [-0.25, -0.2) is 0 Å². The molecule has 8 nitrogen and oxygen atoms in total. The molecule has 2 aromatic rings. The van der Waals surface area contributed by atoms with Crippen LogP contribution >= 0.6 is 0 Å². The topological polar surface area (TPSA) is 104 Å². The summed E-state index contributed by atoms with van der Waals surface area (Å²) in [5, 5.41) is 10.2. The molecule has 1 saturated heterocycles. The van der Waals surface area contributed by atoms with Crippen LogP contribution in [0.15, 0.2) is 21.3 Å². The number of halogens is 3. The Morgan fingerprint density at radius 2 is 1.93 bits per heavy atom. The van der Waals surface area contributed by atoms with Crippen LogP contribution in [-0.2, 0) is 11.0 Å². The van der Waals surface area contributed by atoms with E-state index in [0.29, 0.717) is 13.1 Å². The molecule has 11 heteroatoms. The molecule has 0 saturated carbocycles. The van der Waals surface area contributed by atoms with Gasteiger partial charge in [-0.05, 0) is 37.3 Å². The summed E-state index contributed by atoms with van der Waals surface area (Å²) in [7, 11) is 0. The number of likely N-dealkylation sites (tertiary alicyclic amines) is 1. The minimum Gasteiger partial charge on any atom is -0.403 e. The number of hydrogen-bond acceptors (Lipinski definition) is 6. The summed E-state index contributed by atoms with van der Waals surface area (Å²) in [5.41, 5.74) is -2.16. The molecule has 1 amide bonds. The number of pyridine rings is 1. The number of carbonyl (C=O) groups excluding carboxylic acids is 1. The highest BCUT2D eigenvalue weighted by molar-refractivity contribution is 5.83. The Morgan fingerprint density at radius 3 is 2.52 bits per heavy atom. The Labute approximate surface area is 164 Å². The van der Waals surface area contributed by atoms with Crippen LogP contribution in [0.25, 0.3) is 11.5 Å². The summed E-state index contributed by atoms with van der Waals surface area (Å²) in [4.78, 5) is 28.0. The van der Waals surface area contributed by atoms with E-state index in [4.69, 9.17) is 4.42 Å². The number of piperidine rings is 1. The largest absolute Gasteiger partial charge is 0.431 e. The van der Waals surface area contributed by atoms with Gasteiger partial charge in [-0.2, -0.15) is 13.2 Å². The number of alkyl halides is 3. The van der Waals surface area contributed by atoms with Crippen LogP contribution in [0.4, 0.5) is 19.2 Å². The zero-order valence-corrected chi connectivity index (χ0v) is 16.3. The SMILES string of the molecule is C[C@H](Nc1nnc(-c2ccc(C(F)(F)F)[nH]c2=O)o1)C(=O)N1CCC(C)(C)CC1. The lowest BCUT2D eigenvalue weighted by Gasteiger charge is -2.37. The summed E-state index contributed by atoms with van der Waals surface area (Å²) >= 11 is 0. The number of H-pyrrole nitrogens is 1. The van der Waals surface area contributed by atoms with Crippen LogP contribution in [0.2, 0.25) is 0 Å². The van der Waals surface area contributed by atoms with E-state index in [-0.39, 0.29) is 28.8 Å². The third-order valence-corrected chi connectivity index (χ3v) is 5.01. The average molecular weight is 413 g/mol. The number of nitrogens with zero attached hydrogens (tertiary/aromatic N) is 3.